The summed E-state index contributed by atoms with van der Waals surface area (Å²) in [4.78, 5) is 17.7. The van der Waals surface area contributed by atoms with Crippen LogP contribution in [0.4, 0.5) is 9.52 Å². The molecule has 1 amide bonds. The van der Waals surface area contributed by atoms with Crippen molar-refractivity contribution in [3.8, 4) is 0 Å². The number of carbonyl (C=O) groups is 1. The van der Waals surface area contributed by atoms with E-state index in [1.807, 2.05) is 0 Å². The van der Waals surface area contributed by atoms with Crippen LogP contribution < -0.4 is 5.01 Å². The number of amides is 1. The van der Waals surface area contributed by atoms with Crippen molar-refractivity contribution in [1.82, 2.24) is 4.98 Å². The van der Waals surface area contributed by atoms with E-state index in [1.165, 1.54) is 35.9 Å². The Morgan fingerprint density at radius 1 is 1.27 bits per heavy atom. The highest BCUT2D eigenvalue weighted by Gasteiger charge is 2.22. The molecule has 0 radical (unpaired) electrons. The molecule has 0 aliphatic rings. The molecule has 3 heterocycles. The summed E-state index contributed by atoms with van der Waals surface area (Å²) in [5.41, 5.74) is 0.585. The highest BCUT2D eigenvalue weighted by atomic mass is 35.5. The Labute approximate surface area is 160 Å². The predicted octanol–water partition coefficient (Wildman–Crippen LogP) is 5.42. The summed E-state index contributed by atoms with van der Waals surface area (Å²) in [5, 5.41) is 5.70. The van der Waals surface area contributed by atoms with E-state index in [1.54, 1.807) is 30.3 Å². The fourth-order valence-corrected chi connectivity index (χ4v) is 4.09. The number of furan rings is 1. The number of nitrogens with zero attached hydrogens (tertiary/aromatic N) is 3. The van der Waals surface area contributed by atoms with Gasteiger partial charge in [0.25, 0.3) is 5.91 Å². The van der Waals surface area contributed by atoms with Crippen molar-refractivity contribution >= 4 is 61.7 Å². The number of fused-ring (bicyclic) bond motifs is 1. The van der Waals surface area contributed by atoms with Crippen LogP contribution in [0.25, 0.3) is 10.2 Å². The van der Waals surface area contributed by atoms with Crippen molar-refractivity contribution in [3.05, 3.63) is 69.5 Å². The van der Waals surface area contributed by atoms with E-state index in [-0.39, 0.29) is 11.7 Å². The van der Waals surface area contributed by atoms with Crippen molar-refractivity contribution in [1.29, 1.82) is 0 Å². The topological polar surface area (TPSA) is 58.7 Å². The number of hydrazone groups is 1. The average Bonchev–Trinajstić information content (AvgIpc) is 3.35. The Morgan fingerprint density at radius 3 is 2.88 bits per heavy atom. The summed E-state index contributed by atoms with van der Waals surface area (Å²) in [5.74, 6) is -0.266. The number of halogens is 2. The lowest BCUT2D eigenvalue weighted by Gasteiger charge is -2.12. The van der Waals surface area contributed by atoms with Gasteiger partial charge in [0.2, 0.25) is 5.13 Å². The third-order valence-electron chi connectivity index (χ3n) is 3.34. The first kappa shape index (κ1) is 16.9. The lowest BCUT2D eigenvalue weighted by molar-refractivity contribution is 0.0991. The van der Waals surface area contributed by atoms with Crippen molar-refractivity contribution in [3.63, 3.8) is 0 Å². The van der Waals surface area contributed by atoms with Crippen LogP contribution in [0.15, 0.2) is 58.2 Å². The lowest BCUT2D eigenvalue weighted by Crippen LogP contribution is -2.24. The van der Waals surface area contributed by atoms with Crippen LogP contribution in [-0.4, -0.2) is 17.1 Å². The summed E-state index contributed by atoms with van der Waals surface area (Å²) in [6, 6.07) is 10.9. The second-order valence-corrected chi connectivity index (χ2v) is 7.81. The summed E-state index contributed by atoms with van der Waals surface area (Å²) in [6.45, 7) is 0. The molecule has 0 aliphatic carbocycles. The minimum Gasteiger partial charge on any atom is -0.463 e. The number of hydrogen-bond donors (Lipinski definition) is 0. The molecule has 0 atom stereocenters. The Hall–Kier alpha value is -2.55. The summed E-state index contributed by atoms with van der Waals surface area (Å²) >= 11 is 8.25. The van der Waals surface area contributed by atoms with Crippen LogP contribution >= 0.6 is 34.3 Å². The fraction of sp³-hybridized carbons (Fsp3) is 0. The van der Waals surface area contributed by atoms with E-state index in [4.69, 9.17) is 16.0 Å². The van der Waals surface area contributed by atoms with Gasteiger partial charge in [-0.1, -0.05) is 22.9 Å². The lowest BCUT2D eigenvalue weighted by atomic mass is 10.3. The predicted molar refractivity (Wildman–Crippen MR) is 102 cm³/mol. The van der Waals surface area contributed by atoms with Crippen molar-refractivity contribution in [2.24, 2.45) is 5.10 Å². The van der Waals surface area contributed by atoms with Gasteiger partial charge in [0.15, 0.2) is 0 Å². The smallest absolute Gasteiger partial charge is 0.290 e. The second-order valence-electron chi connectivity index (χ2n) is 5.09. The third-order valence-corrected chi connectivity index (χ3v) is 5.55. The molecule has 0 N–H and O–H groups in total. The maximum Gasteiger partial charge on any atom is 0.290 e. The molecule has 0 saturated carbocycles. The number of hydrogen-bond acceptors (Lipinski definition) is 6. The second kappa shape index (κ2) is 6.99. The molecule has 0 bridgehead atoms. The largest absolute Gasteiger partial charge is 0.463 e. The van der Waals surface area contributed by atoms with Gasteiger partial charge in [-0.2, -0.15) is 10.1 Å². The number of anilines is 1. The molecule has 9 heteroatoms. The van der Waals surface area contributed by atoms with Crippen LogP contribution in [0, 0.1) is 5.82 Å². The molecular weight excluding hydrogens is 397 g/mol. The van der Waals surface area contributed by atoms with Crippen LogP contribution in [0.5, 0.6) is 0 Å². The summed E-state index contributed by atoms with van der Waals surface area (Å²) in [6.07, 6.45) is 2.92. The van der Waals surface area contributed by atoms with Gasteiger partial charge in [0.1, 0.15) is 11.6 Å². The molecule has 0 saturated heterocycles. The molecule has 1 aromatic carbocycles. The van der Waals surface area contributed by atoms with Crippen LogP contribution in [0.1, 0.15) is 15.4 Å². The maximum atomic E-state index is 13.5. The van der Waals surface area contributed by atoms with Gasteiger partial charge in [-0.25, -0.2) is 9.37 Å². The van der Waals surface area contributed by atoms with E-state index >= 15 is 0 Å². The molecule has 130 valence electrons. The molecule has 4 aromatic rings. The van der Waals surface area contributed by atoms with Crippen molar-refractivity contribution in [2.75, 3.05) is 5.01 Å². The van der Waals surface area contributed by atoms with Gasteiger partial charge in [-0.15, -0.1) is 11.3 Å². The van der Waals surface area contributed by atoms with Gasteiger partial charge in [0, 0.05) is 0 Å². The monoisotopic (exact) mass is 405 g/mol. The normalized spacial score (nSPS) is 11.5. The van der Waals surface area contributed by atoms with Crippen molar-refractivity contribution < 1.29 is 13.6 Å². The first-order chi connectivity index (χ1) is 12.6. The number of aromatic nitrogens is 1. The van der Waals surface area contributed by atoms with E-state index in [9.17, 15) is 9.18 Å². The number of benzene rings is 1. The zero-order valence-electron chi connectivity index (χ0n) is 12.9. The van der Waals surface area contributed by atoms with Crippen LogP contribution in [-0.2, 0) is 0 Å². The molecule has 0 spiro atoms. The van der Waals surface area contributed by atoms with Gasteiger partial charge >= 0.3 is 0 Å². The molecule has 3 aromatic heterocycles. The van der Waals surface area contributed by atoms with E-state index in [0.29, 0.717) is 30.3 Å². The quantitative estimate of drug-likeness (QED) is 0.336. The molecular formula is C17H9ClFN3O2S2. The first-order valence-electron chi connectivity index (χ1n) is 7.33. The molecule has 0 fully saturated rings. The minimum atomic E-state index is -0.385. The van der Waals surface area contributed by atoms with E-state index < -0.39 is 0 Å². The Morgan fingerprint density at radius 2 is 2.15 bits per heavy atom. The number of thiazole rings is 1. The molecule has 26 heavy (non-hydrogen) atoms. The Balaban J connectivity index is 1.76. The van der Waals surface area contributed by atoms with Crippen LogP contribution in [0.3, 0.4) is 0 Å². The SMILES string of the molecule is O=C(c1ccc(Cl)s1)N(/N=C/c1ccco1)c1nc2ccc(F)cc2s1. The molecule has 0 aliphatic heterocycles. The number of carbonyl (C=O) groups excluding carboxylic acids is 1. The molecule has 5 nitrogen and oxygen atoms in total. The van der Waals surface area contributed by atoms with Gasteiger partial charge in [-0.3, -0.25) is 4.79 Å². The van der Waals surface area contributed by atoms with Gasteiger partial charge in [-0.05, 0) is 42.5 Å². The summed E-state index contributed by atoms with van der Waals surface area (Å²) in [7, 11) is 0. The Kier molecular flexibility index (Phi) is 4.54. The maximum absolute atomic E-state index is 13.5. The molecule has 0 unspecified atom stereocenters. The van der Waals surface area contributed by atoms with E-state index in [2.05, 4.69) is 10.1 Å². The Bertz CT molecular complexity index is 1100. The summed E-state index contributed by atoms with van der Waals surface area (Å²) < 4.78 is 19.8. The van der Waals surface area contributed by atoms with Gasteiger partial charge < -0.3 is 4.42 Å². The third kappa shape index (κ3) is 3.39. The highest BCUT2D eigenvalue weighted by Crippen LogP contribution is 2.32. The minimum absolute atomic E-state index is 0.322. The first-order valence-corrected chi connectivity index (χ1v) is 9.34. The van der Waals surface area contributed by atoms with Gasteiger partial charge in [0.05, 0.1) is 31.9 Å². The molecule has 4 rings (SSSR count). The van der Waals surface area contributed by atoms with Crippen LogP contribution in [0.2, 0.25) is 4.34 Å². The zero-order valence-corrected chi connectivity index (χ0v) is 15.3. The standard InChI is InChI=1S/C17H9ClFN3O2S2/c18-15-6-5-13(25-15)16(23)22(20-9-11-2-1-7-24-11)17-21-12-4-3-10(19)8-14(12)26-17/h1-9H/b20-9+. The zero-order chi connectivity index (χ0) is 18.1. The number of rotatable bonds is 4. The van der Waals surface area contributed by atoms with Crippen molar-refractivity contribution in [2.45, 2.75) is 0 Å². The average molecular weight is 406 g/mol. The number of thiophene rings is 1. The highest BCUT2D eigenvalue weighted by molar-refractivity contribution is 7.22. The fourth-order valence-electron chi connectivity index (χ4n) is 2.18. The van der Waals surface area contributed by atoms with E-state index in [0.717, 1.165) is 16.3 Å².